The van der Waals surface area contributed by atoms with Gasteiger partial charge >= 0.3 is 6.18 Å². The summed E-state index contributed by atoms with van der Waals surface area (Å²) in [5.74, 6) is -0.235. The topological polar surface area (TPSA) is 23.6 Å². The third kappa shape index (κ3) is 3.16. The average Bonchev–Trinajstić information content (AvgIpc) is 2.90. The second-order valence-electron chi connectivity index (χ2n) is 6.10. The SMILES string of the molecule is CN(C)C(=O)C1(N(CC(F)(F)F)C(C)(C)C)CC1. The molecule has 0 aromatic rings. The third-order valence-corrected chi connectivity index (χ3v) is 3.19. The first kappa shape index (κ1) is 15.3. The maximum absolute atomic E-state index is 12.7. The third-order valence-electron chi connectivity index (χ3n) is 3.19. The summed E-state index contributed by atoms with van der Waals surface area (Å²) < 4.78 is 38.1. The van der Waals surface area contributed by atoms with Crippen LogP contribution in [-0.4, -0.2) is 53.6 Å². The largest absolute Gasteiger partial charge is 0.401 e. The molecule has 0 heterocycles. The van der Waals surface area contributed by atoms with Crippen molar-refractivity contribution >= 4 is 5.91 Å². The van der Waals surface area contributed by atoms with Crippen molar-refractivity contribution in [2.75, 3.05) is 20.6 Å². The number of halogens is 3. The van der Waals surface area contributed by atoms with Crippen LogP contribution in [0.4, 0.5) is 13.2 Å². The van der Waals surface area contributed by atoms with Crippen LogP contribution in [0.15, 0.2) is 0 Å². The molecule has 0 aliphatic heterocycles. The van der Waals surface area contributed by atoms with Crippen LogP contribution in [0.25, 0.3) is 0 Å². The molecule has 0 aromatic heterocycles. The molecule has 1 saturated carbocycles. The van der Waals surface area contributed by atoms with E-state index in [0.29, 0.717) is 12.8 Å². The lowest BCUT2D eigenvalue weighted by molar-refractivity contribution is -0.172. The lowest BCUT2D eigenvalue weighted by Gasteiger charge is -2.42. The van der Waals surface area contributed by atoms with E-state index in [2.05, 4.69) is 0 Å². The number of rotatable bonds is 3. The number of carbonyl (C=O) groups is 1. The molecule has 1 rings (SSSR count). The molecule has 0 N–H and O–H groups in total. The highest BCUT2D eigenvalue weighted by Crippen LogP contribution is 2.47. The molecule has 0 unspecified atom stereocenters. The highest BCUT2D eigenvalue weighted by atomic mass is 19.4. The zero-order chi connectivity index (χ0) is 14.4. The minimum atomic E-state index is -4.30. The van der Waals surface area contributed by atoms with Gasteiger partial charge in [-0.2, -0.15) is 13.2 Å². The molecule has 1 amide bonds. The lowest BCUT2D eigenvalue weighted by atomic mass is 10.0. The minimum absolute atomic E-state index is 0.235. The first-order chi connectivity index (χ1) is 7.90. The Morgan fingerprint density at radius 1 is 1.17 bits per heavy atom. The quantitative estimate of drug-likeness (QED) is 0.782. The van der Waals surface area contributed by atoms with Gasteiger partial charge in [0.2, 0.25) is 5.91 Å². The molecule has 1 aliphatic rings. The van der Waals surface area contributed by atoms with Crippen molar-refractivity contribution in [1.29, 1.82) is 0 Å². The Hall–Kier alpha value is -0.780. The lowest BCUT2D eigenvalue weighted by Crippen LogP contribution is -2.58. The van der Waals surface area contributed by atoms with E-state index < -0.39 is 23.8 Å². The van der Waals surface area contributed by atoms with Gasteiger partial charge in [0.25, 0.3) is 0 Å². The minimum Gasteiger partial charge on any atom is -0.347 e. The maximum atomic E-state index is 12.7. The molecular weight excluding hydrogens is 245 g/mol. The number of amides is 1. The standard InChI is InChI=1S/C12H21F3N2O/c1-10(2,3)17(8-12(13,14)15)11(6-7-11)9(18)16(4)5/h6-8H2,1-5H3. The van der Waals surface area contributed by atoms with Crippen molar-refractivity contribution in [1.82, 2.24) is 9.80 Å². The Kier molecular flexibility index (Phi) is 3.74. The van der Waals surface area contributed by atoms with Crippen LogP contribution in [0.2, 0.25) is 0 Å². The van der Waals surface area contributed by atoms with Gasteiger partial charge in [-0.1, -0.05) is 0 Å². The molecular formula is C12H21F3N2O. The monoisotopic (exact) mass is 266 g/mol. The molecule has 0 spiro atoms. The summed E-state index contributed by atoms with van der Waals surface area (Å²) in [6, 6.07) is 0. The van der Waals surface area contributed by atoms with Gasteiger partial charge in [0, 0.05) is 19.6 Å². The normalized spacial score (nSPS) is 18.9. The van der Waals surface area contributed by atoms with Crippen molar-refractivity contribution in [3.8, 4) is 0 Å². The van der Waals surface area contributed by atoms with Gasteiger partial charge in [-0.05, 0) is 33.6 Å². The molecule has 6 heteroatoms. The first-order valence-corrected chi connectivity index (χ1v) is 5.96. The van der Waals surface area contributed by atoms with E-state index in [1.165, 1.54) is 9.80 Å². The Balaban J connectivity index is 3.02. The van der Waals surface area contributed by atoms with Gasteiger partial charge in [-0.15, -0.1) is 0 Å². The second kappa shape index (κ2) is 4.40. The summed E-state index contributed by atoms with van der Waals surface area (Å²) in [6.07, 6.45) is -3.30. The van der Waals surface area contributed by atoms with E-state index in [0.717, 1.165) is 0 Å². The first-order valence-electron chi connectivity index (χ1n) is 5.96. The van der Waals surface area contributed by atoms with Crippen molar-refractivity contribution in [3.63, 3.8) is 0 Å². The summed E-state index contributed by atoms with van der Waals surface area (Å²) in [6.45, 7) is 4.08. The van der Waals surface area contributed by atoms with Gasteiger partial charge in [-0.25, -0.2) is 0 Å². The molecule has 1 aliphatic carbocycles. The molecule has 0 radical (unpaired) electrons. The van der Waals surface area contributed by atoms with Crippen LogP contribution in [0, 0.1) is 0 Å². The van der Waals surface area contributed by atoms with Gasteiger partial charge in [0.1, 0.15) is 5.54 Å². The summed E-state index contributed by atoms with van der Waals surface area (Å²) >= 11 is 0. The number of alkyl halides is 3. The maximum Gasteiger partial charge on any atom is 0.401 e. The fraction of sp³-hybridized carbons (Fsp3) is 0.917. The van der Waals surface area contributed by atoms with Crippen LogP contribution in [0.5, 0.6) is 0 Å². The molecule has 0 aromatic carbocycles. The molecule has 106 valence electrons. The summed E-state index contributed by atoms with van der Waals surface area (Å²) in [5, 5.41) is 0. The number of hydrogen-bond acceptors (Lipinski definition) is 2. The van der Waals surface area contributed by atoms with Crippen LogP contribution >= 0.6 is 0 Å². The van der Waals surface area contributed by atoms with Gasteiger partial charge in [-0.3, -0.25) is 9.69 Å². The Morgan fingerprint density at radius 3 is 1.83 bits per heavy atom. The van der Waals surface area contributed by atoms with Crippen molar-refractivity contribution in [2.45, 2.75) is 50.9 Å². The molecule has 1 fully saturated rings. The van der Waals surface area contributed by atoms with Crippen LogP contribution < -0.4 is 0 Å². The highest BCUT2D eigenvalue weighted by molar-refractivity contribution is 5.89. The van der Waals surface area contributed by atoms with Gasteiger partial charge < -0.3 is 4.90 Å². The van der Waals surface area contributed by atoms with E-state index in [1.54, 1.807) is 34.9 Å². The van der Waals surface area contributed by atoms with Crippen molar-refractivity contribution < 1.29 is 18.0 Å². The fourth-order valence-corrected chi connectivity index (χ4v) is 2.34. The van der Waals surface area contributed by atoms with E-state index in [9.17, 15) is 18.0 Å². The zero-order valence-electron chi connectivity index (χ0n) is 11.6. The second-order valence-corrected chi connectivity index (χ2v) is 6.10. The Morgan fingerprint density at radius 2 is 1.61 bits per heavy atom. The van der Waals surface area contributed by atoms with E-state index >= 15 is 0 Å². The summed E-state index contributed by atoms with van der Waals surface area (Å²) in [7, 11) is 3.16. The van der Waals surface area contributed by atoms with Crippen molar-refractivity contribution in [2.24, 2.45) is 0 Å². The van der Waals surface area contributed by atoms with E-state index in [-0.39, 0.29) is 5.91 Å². The predicted octanol–water partition coefficient (Wildman–Crippen LogP) is 2.27. The molecule has 3 nitrogen and oxygen atoms in total. The van der Waals surface area contributed by atoms with Gasteiger partial charge in [0.05, 0.1) is 6.54 Å². The number of nitrogens with zero attached hydrogens (tertiary/aromatic N) is 2. The number of likely N-dealkylation sites (N-methyl/N-ethyl adjacent to an activating group) is 1. The number of hydrogen-bond donors (Lipinski definition) is 0. The van der Waals surface area contributed by atoms with E-state index in [1.807, 2.05) is 0 Å². The summed E-state index contributed by atoms with van der Waals surface area (Å²) in [4.78, 5) is 14.8. The van der Waals surface area contributed by atoms with Gasteiger partial charge in [0.15, 0.2) is 0 Å². The van der Waals surface area contributed by atoms with Crippen LogP contribution in [-0.2, 0) is 4.79 Å². The smallest absolute Gasteiger partial charge is 0.347 e. The highest BCUT2D eigenvalue weighted by Gasteiger charge is 2.59. The predicted molar refractivity (Wildman–Crippen MR) is 63.2 cm³/mol. The molecule has 0 saturated heterocycles. The Labute approximate surface area is 106 Å². The van der Waals surface area contributed by atoms with Crippen LogP contribution in [0.3, 0.4) is 0 Å². The number of carbonyl (C=O) groups excluding carboxylic acids is 1. The molecule has 18 heavy (non-hydrogen) atoms. The average molecular weight is 266 g/mol. The fourth-order valence-electron chi connectivity index (χ4n) is 2.34. The molecule has 0 atom stereocenters. The molecule has 0 bridgehead atoms. The van der Waals surface area contributed by atoms with Crippen molar-refractivity contribution in [3.05, 3.63) is 0 Å². The summed E-state index contributed by atoms with van der Waals surface area (Å²) in [5.41, 5.74) is -1.66. The van der Waals surface area contributed by atoms with E-state index in [4.69, 9.17) is 0 Å². The van der Waals surface area contributed by atoms with Crippen LogP contribution in [0.1, 0.15) is 33.6 Å². The zero-order valence-corrected chi connectivity index (χ0v) is 11.6. The Bertz CT molecular complexity index is 327.